The van der Waals surface area contributed by atoms with E-state index < -0.39 is 0 Å². The van der Waals surface area contributed by atoms with Crippen molar-refractivity contribution < 1.29 is 0 Å². The summed E-state index contributed by atoms with van der Waals surface area (Å²) in [6, 6.07) is 65.9. The molecule has 11 aromatic rings. The molecule has 0 aliphatic carbocycles. The van der Waals surface area contributed by atoms with Crippen LogP contribution in [-0.4, -0.2) is 14.0 Å². The Balaban J connectivity index is 1.10. The fraction of sp³-hybridized carbons (Fsp3) is 0. The van der Waals surface area contributed by atoms with Crippen LogP contribution in [0.15, 0.2) is 188 Å². The van der Waals surface area contributed by atoms with Crippen molar-refractivity contribution in [1.82, 2.24) is 14.0 Å². The summed E-state index contributed by atoms with van der Waals surface area (Å²) in [6.07, 6.45) is 1.94. The molecule has 3 heteroatoms. The molecule has 0 radical (unpaired) electrons. The van der Waals surface area contributed by atoms with E-state index in [1.54, 1.807) is 0 Å². The number of pyridine rings is 2. The van der Waals surface area contributed by atoms with Crippen molar-refractivity contribution in [1.29, 1.82) is 0 Å². The van der Waals surface area contributed by atoms with E-state index in [2.05, 4.69) is 191 Å². The van der Waals surface area contributed by atoms with Crippen molar-refractivity contribution in [3.05, 3.63) is 188 Å². The van der Waals surface area contributed by atoms with Crippen molar-refractivity contribution >= 4 is 59.9 Å². The molecule has 0 amide bonds. The Morgan fingerprint density at radius 3 is 1.67 bits per heavy atom. The zero-order chi connectivity index (χ0) is 34.2. The molecule has 11 rings (SSSR count). The molecular formula is C49H31N3. The van der Waals surface area contributed by atoms with Crippen molar-refractivity contribution in [2.45, 2.75) is 0 Å². The Morgan fingerprint density at radius 1 is 0.308 bits per heavy atom. The first-order valence-corrected chi connectivity index (χ1v) is 17.8. The lowest BCUT2D eigenvalue weighted by Crippen LogP contribution is -1.98. The lowest BCUT2D eigenvalue weighted by Gasteiger charge is -2.13. The minimum atomic E-state index is 0.898. The van der Waals surface area contributed by atoms with Gasteiger partial charge in [-0.2, -0.15) is 0 Å². The lowest BCUT2D eigenvalue weighted by molar-refractivity contribution is 1.08. The number of rotatable bonds is 4. The molecule has 242 valence electrons. The predicted octanol–water partition coefficient (Wildman–Crippen LogP) is 12.9. The van der Waals surface area contributed by atoms with Crippen LogP contribution < -0.4 is 0 Å². The fourth-order valence-electron chi connectivity index (χ4n) is 8.29. The smallest absolute Gasteiger partial charge is 0.138 e. The second-order valence-corrected chi connectivity index (χ2v) is 13.6. The second-order valence-electron chi connectivity index (χ2n) is 13.6. The standard InChI is InChI=1S/C49H31N3/c1-2-11-32(12-3-1)33-21-23-34(24-22-33)35-14-10-15-36(27-35)37-25-26-50-49(29-37)52-45-20-9-7-18-41(45)43-30-42-39-16-5-6-17-40(39)46-28-38-13-4-8-19-44(38)51(46)47(42)31-48(43)52/h1-31H. The van der Waals surface area contributed by atoms with E-state index in [-0.39, 0.29) is 0 Å². The van der Waals surface area contributed by atoms with Crippen LogP contribution in [0.2, 0.25) is 0 Å². The number of benzene rings is 7. The maximum Gasteiger partial charge on any atom is 0.138 e. The Labute approximate surface area is 300 Å². The Morgan fingerprint density at radius 2 is 0.865 bits per heavy atom. The Kier molecular flexibility index (Phi) is 6.25. The van der Waals surface area contributed by atoms with Crippen molar-refractivity contribution in [3.8, 4) is 39.2 Å². The van der Waals surface area contributed by atoms with Crippen LogP contribution in [0.3, 0.4) is 0 Å². The van der Waals surface area contributed by atoms with Gasteiger partial charge < -0.3 is 4.40 Å². The van der Waals surface area contributed by atoms with Crippen molar-refractivity contribution in [2.24, 2.45) is 0 Å². The Bertz CT molecular complexity index is 3170. The van der Waals surface area contributed by atoms with Gasteiger partial charge in [0.25, 0.3) is 0 Å². The van der Waals surface area contributed by atoms with Crippen molar-refractivity contribution in [3.63, 3.8) is 0 Å². The highest BCUT2D eigenvalue weighted by atomic mass is 15.1. The van der Waals surface area contributed by atoms with Crippen LogP contribution >= 0.6 is 0 Å². The molecule has 4 aromatic heterocycles. The molecule has 0 aliphatic heterocycles. The molecule has 0 bridgehead atoms. The van der Waals surface area contributed by atoms with Gasteiger partial charge in [-0.15, -0.1) is 0 Å². The molecule has 0 N–H and O–H groups in total. The Hall–Kier alpha value is -6.97. The normalized spacial score (nSPS) is 11.8. The monoisotopic (exact) mass is 661 g/mol. The van der Waals surface area contributed by atoms with Gasteiger partial charge in [-0.1, -0.05) is 133 Å². The van der Waals surface area contributed by atoms with Crippen LogP contribution in [0.25, 0.3) is 99.1 Å². The highest BCUT2D eigenvalue weighted by molar-refractivity contribution is 6.21. The molecule has 0 unspecified atom stereocenters. The van der Waals surface area contributed by atoms with Gasteiger partial charge in [-0.05, 0) is 87.3 Å². The number of hydrogen-bond donors (Lipinski definition) is 0. The van der Waals surface area contributed by atoms with Gasteiger partial charge in [-0.25, -0.2) is 4.98 Å². The number of para-hydroxylation sites is 2. The molecule has 0 aliphatic rings. The van der Waals surface area contributed by atoms with E-state index in [4.69, 9.17) is 4.98 Å². The van der Waals surface area contributed by atoms with Crippen molar-refractivity contribution in [2.75, 3.05) is 0 Å². The van der Waals surface area contributed by atoms with Gasteiger partial charge in [0.1, 0.15) is 5.82 Å². The molecule has 0 fully saturated rings. The summed E-state index contributed by atoms with van der Waals surface area (Å²) in [4.78, 5) is 5.02. The van der Waals surface area contributed by atoms with E-state index in [1.165, 1.54) is 71.1 Å². The van der Waals surface area contributed by atoms with Gasteiger partial charge in [0.2, 0.25) is 0 Å². The van der Waals surface area contributed by atoms with Crippen LogP contribution in [-0.2, 0) is 0 Å². The van der Waals surface area contributed by atoms with Gasteiger partial charge >= 0.3 is 0 Å². The molecule has 3 nitrogen and oxygen atoms in total. The summed E-state index contributed by atoms with van der Waals surface area (Å²) < 4.78 is 4.78. The molecular weight excluding hydrogens is 631 g/mol. The fourth-order valence-corrected chi connectivity index (χ4v) is 8.29. The van der Waals surface area contributed by atoms with Crippen LogP contribution in [0.4, 0.5) is 0 Å². The number of aromatic nitrogens is 3. The molecule has 7 aromatic carbocycles. The zero-order valence-corrected chi connectivity index (χ0v) is 28.2. The largest absolute Gasteiger partial charge is 0.309 e. The predicted molar refractivity (Wildman–Crippen MR) is 218 cm³/mol. The SMILES string of the molecule is c1ccc(-c2ccc(-c3cccc(-c4ccnc(-n5c6ccccc6c6cc7c8ccccc8c8cc9ccccc9n8c7cc65)c4)c3)cc2)cc1. The van der Waals surface area contributed by atoms with E-state index in [9.17, 15) is 0 Å². The average Bonchev–Trinajstić information content (AvgIpc) is 3.77. The first-order valence-electron chi connectivity index (χ1n) is 17.8. The molecule has 52 heavy (non-hydrogen) atoms. The average molecular weight is 662 g/mol. The maximum absolute atomic E-state index is 5.02. The quantitative estimate of drug-likeness (QED) is 0.172. The summed E-state index contributed by atoms with van der Waals surface area (Å²) in [5.41, 5.74) is 13.0. The maximum atomic E-state index is 5.02. The third kappa shape index (κ3) is 4.36. The first kappa shape index (κ1) is 28.8. The van der Waals surface area contributed by atoms with E-state index in [0.29, 0.717) is 0 Å². The topological polar surface area (TPSA) is 22.2 Å². The van der Waals surface area contributed by atoms with E-state index >= 15 is 0 Å². The summed E-state index contributed by atoms with van der Waals surface area (Å²) >= 11 is 0. The minimum absolute atomic E-state index is 0.898. The molecule has 0 spiro atoms. The van der Waals surface area contributed by atoms with E-state index in [1.807, 2.05) is 6.20 Å². The minimum Gasteiger partial charge on any atom is -0.309 e. The summed E-state index contributed by atoms with van der Waals surface area (Å²) in [6.45, 7) is 0. The first-order chi connectivity index (χ1) is 25.8. The summed E-state index contributed by atoms with van der Waals surface area (Å²) in [5, 5.41) is 7.45. The van der Waals surface area contributed by atoms with Crippen LogP contribution in [0, 0.1) is 0 Å². The summed E-state index contributed by atoms with van der Waals surface area (Å²) in [7, 11) is 0. The molecule has 0 atom stereocenters. The third-order valence-corrected chi connectivity index (χ3v) is 10.7. The second kappa shape index (κ2) is 11.3. The highest BCUT2D eigenvalue weighted by Crippen LogP contribution is 2.40. The third-order valence-electron chi connectivity index (χ3n) is 10.7. The van der Waals surface area contributed by atoms with Gasteiger partial charge in [0, 0.05) is 33.1 Å². The molecule has 4 heterocycles. The van der Waals surface area contributed by atoms with Gasteiger partial charge in [0.05, 0.1) is 27.6 Å². The molecule has 0 saturated heterocycles. The number of nitrogens with zero attached hydrogens (tertiary/aromatic N) is 3. The van der Waals surface area contributed by atoms with Gasteiger partial charge in [-0.3, -0.25) is 4.57 Å². The highest BCUT2D eigenvalue weighted by Gasteiger charge is 2.18. The van der Waals surface area contributed by atoms with E-state index in [0.717, 1.165) is 28.0 Å². The molecule has 0 saturated carbocycles. The summed E-state index contributed by atoms with van der Waals surface area (Å²) in [5.74, 6) is 0.898. The lowest BCUT2D eigenvalue weighted by atomic mass is 9.97. The zero-order valence-electron chi connectivity index (χ0n) is 28.2. The number of fused-ring (bicyclic) bond motifs is 11. The van der Waals surface area contributed by atoms with Crippen LogP contribution in [0.5, 0.6) is 0 Å². The van der Waals surface area contributed by atoms with Crippen LogP contribution in [0.1, 0.15) is 0 Å². The number of hydrogen-bond acceptors (Lipinski definition) is 1. The van der Waals surface area contributed by atoms with Gasteiger partial charge in [0.15, 0.2) is 0 Å².